The summed E-state index contributed by atoms with van der Waals surface area (Å²) in [5.74, 6) is 0. The Morgan fingerprint density at radius 2 is 2.44 bits per heavy atom. The molecule has 0 unspecified atom stereocenters. The lowest BCUT2D eigenvalue weighted by molar-refractivity contribution is 0.983. The summed E-state index contributed by atoms with van der Waals surface area (Å²) in [6, 6.07) is 0. The van der Waals surface area contributed by atoms with Gasteiger partial charge in [-0.15, -0.1) is 11.3 Å². The topological polar surface area (TPSA) is 12.9 Å². The highest BCUT2D eigenvalue weighted by atomic mass is 32.1. The Kier molecular flexibility index (Phi) is 1.12. The summed E-state index contributed by atoms with van der Waals surface area (Å²) in [7, 11) is 0. The van der Waals surface area contributed by atoms with E-state index >= 15 is 0 Å². The fraction of sp³-hybridized carbons (Fsp3) is 0.286. The summed E-state index contributed by atoms with van der Waals surface area (Å²) in [6.07, 6.45) is 6.58. The molecule has 0 spiro atoms. The maximum atomic E-state index is 4.19. The van der Waals surface area contributed by atoms with E-state index in [1.807, 2.05) is 11.6 Å². The van der Waals surface area contributed by atoms with Gasteiger partial charge in [-0.1, -0.05) is 6.08 Å². The zero-order valence-electron chi connectivity index (χ0n) is 5.00. The van der Waals surface area contributed by atoms with E-state index in [9.17, 15) is 0 Å². The van der Waals surface area contributed by atoms with Gasteiger partial charge in [-0.2, -0.15) is 0 Å². The van der Waals surface area contributed by atoms with Crippen molar-refractivity contribution in [2.75, 3.05) is 0 Å². The van der Waals surface area contributed by atoms with Crippen LogP contribution in [0.2, 0.25) is 0 Å². The largest absolute Gasteiger partial charge is 0.245 e. The van der Waals surface area contributed by atoms with Crippen LogP contribution in [0.15, 0.2) is 17.7 Å². The summed E-state index contributed by atoms with van der Waals surface area (Å²) in [5.41, 5.74) is 1.44. The average Bonchev–Trinajstić information content (AvgIpc) is 2.11. The first-order valence-electron chi connectivity index (χ1n) is 3.06. The average molecular weight is 137 g/mol. The van der Waals surface area contributed by atoms with E-state index < -0.39 is 0 Å². The van der Waals surface area contributed by atoms with Crippen molar-refractivity contribution in [3.8, 4) is 0 Å². The van der Waals surface area contributed by atoms with Gasteiger partial charge >= 0.3 is 0 Å². The Morgan fingerprint density at radius 1 is 1.56 bits per heavy atom. The minimum atomic E-state index is 1.21. The molecule has 0 radical (unpaired) electrons. The molecule has 0 amide bonds. The van der Waals surface area contributed by atoms with Gasteiger partial charge in [-0.3, -0.25) is 0 Å². The summed E-state index contributed by atoms with van der Waals surface area (Å²) in [4.78, 5) is 4.19. The second kappa shape index (κ2) is 1.95. The first-order chi connectivity index (χ1) is 4.47. The number of nitrogens with zero attached hydrogens (tertiary/aromatic N) is 1. The molecule has 0 aromatic carbocycles. The predicted octanol–water partition coefficient (Wildman–Crippen LogP) is 2.32. The van der Waals surface area contributed by atoms with Gasteiger partial charge in [0.15, 0.2) is 0 Å². The van der Waals surface area contributed by atoms with Gasteiger partial charge in [0.05, 0.1) is 0 Å². The monoisotopic (exact) mass is 137 g/mol. The third-order valence-corrected chi connectivity index (χ3v) is 2.36. The van der Waals surface area contributed by atoms with Crippen molar-refractivity contribution >= 4 is 16.9 Å². The molecule has 46 valence electrons. The summed E-state index contributed by atoms with van der Waals surface area (Å²) in [6.45, 7) is 0. The smallest absolute Gasteiger partial charge is 0.118 e. The maximum Gasteiger partial charge on any atom is 0.118 e. The first-order valence-corrected chi connectivity index (χ1v) is 3.94. The summed E-state index contributed by atoms with van der Waals surface area (Å²) < 4.78 is 0. The highest BCUT2D eigenvalue weighted by Gasteiger charge is 2.09. The van der Waals surface area contributed by atoms with Gasteiger partial charge in [0, 0.05) is 11.6 Å². The highest BCUT2D eigenvalue weighted by molar-refractivity contribution is 7.10. The van der Waals surface area contributed by atoms with Crippen molar-refractivity contribution in [2.45, 2.75) is 12.8 Å². The van der Waals surface area contributed by atoms with Gasteiger partial charge < -0.3 is 0 Å². The lowest BCUT2D eigenvalue weighted by atomic mass is 10.0. The molecule has 0 N–H and O–H groups in total. The molecule has 1 aliphatic carbocycles. The van der Waals surface area contributed by atoms with Gasteiger partial charge in [-0.25, -0.2) is 4.98 Å². The fourth-order valence-corrected chi connectivity index (χ4v) is 1.57. The lowest BCUT2D eigenvalue weighted by Crippen LogP contribution is -1.91. The highest BCUT2D eigenvalue weighted by Crippen LogP contribution is 2.29. The molecule has 0 fully saturated rings. The Bertz CT molecular complexity index is 223. The van der Waals surface area contributed by atoms with E-state index in [2.05, 4.69) is 11.1 Å². The van der Waals surface area contributed by atoms with Gasteiger partial charge in [0.25, 0.3) is 0 Å². The number of rotatable bonds is 1. The molecule has 9 heavy (non-hydrogen) atoms. The van der Waals surface area contributed by atoms with Crippen LogP contribution in [0.4, 0.5) is 0 Å². The van der Waals surface area contributed by atoms with Crippen LogP contribution in [-0.2, 0) is 0 Å². The van der Waals surface area contributed by atoms with Crippen LogP contribution in [0.25, 0.3) is 5.57 Å². The van der Waals surface area contributed by atoms with Crippen molar-refractivity contribution in [1.29, 1.82) is 0 Å². The zero-order chi connectivity index (χ0) is 6.10. The third-order valence-electron chi connectivity index (χ3n) is 1.51. The Balaban J connectivity index is 2.34. The fourth-order valence-electron chi connectivity index (χ4n) is 0.865. The zero-order valence-corrected chi connectivity index (χ0v) is 5.82. The van der Waals surface area contributed by atoms with Gasteiger partial charge in [-0.05, 0) is 18.4 Å². The maximum absolute atomic E-state index is 4.19. The van der Waals surface area contributed by atoms with E-state index in [-0.39, 0.29) is 0 Å². The van der Waals surface area contributed by atoms with Crippen molar-refractivity contribution in [3.63, 3.8) is 0 Å². The first kappa shape index (κ1) is 5.18. The number of aromatic nitrogens is 1. The minimum absolute atomic E-state index is 1.21. The van der Waals surface area contributed by atoms with Gasteiger partial charge in [0.2, 0.25) is 0 Å². The van der Waals surface area contributed by atoms with E-state index in [1.165, 1.54) is 23.4 Å². The number of hydrogen-bond acceptors (Lipinski definition) is 2. The van der Waals surface area contributed by atoms with Crippen LogP contribution in [0.1, 0.15) is 17.8 Å². The number of thiazole rings is 1. The van der Waals surface area contributed by atoms with Crippen LogP contribution in [-0.4, -0.2) is 4.98 Å². The van der Waals surface area contributed by atoms with E-state index in [1.54, 1.807) is 11.3 Å². The van der Waals surface area contributed by atoms with Gasteiger partial charge in [0.1, 0.15) is 5.01 Å². The minimum Gasteiger partial charge on any atom is -0.245 e. The molecule has 0 saturated heterocycles. The van der Waals surface area contributed by atoms with E-state index in [0.29, 0.717) is 0 Å². The van der Waals surface area contributed by atoms with Crippen LogP contribution in [0, 0.1) is 0 Å². The Hall–Kier alpha value is -0.630. The quantitative estimate of drug-likeness (QED) is 0.579. The molecule has 0 saturated carbocycles. The molecular weight excluding hydrogens is 130 g/mol. The molecule has 0 atom stereocenters. The van der Waals surface area contributed by atoms with Crippen LogP contribution < -0.4 is 0 Å². The van der Waals surface area contributed by atoms with Crippen LogP contribution in [0.5, 0.6) is 0 Å². The molecule has 1 aromatic rings. The van der Waals surface area contributed by atoms with Crippen molar-refractivity contribution in [3.05, 3.63) is 22.7 Å². The predicted molar refractivity (Wildman–Crippen MR) is 39.3 cm³/mol. The summed E-state index contributed by atoms with van der Waals surface area (Å²) in [5, 5.41) is 3.23. The molecule has 1 heterocycles. The lowest BCUT2D eigenvalue weighted by Gasteiger charge is -2.09. The Morgan fingerprint density at radius 3 is 2.89 bits per heavy atom. The molecule has 1 aromatic heterocycles. The third kappa shape index (κ3) is 0.793. The van der Waals surface area contributed by atoms with Crippen LogP contribution >= 0.6 is 11.3 Å². The second-order valence-electron chi connectivity index (χ2n) is 2.11. The molecule has 2 heteroatoms. The number of allylic oxidation sites excluding steroid dienone is 2. The standard InChI is InChI=1S/C7H7NS/c1-2-6(3-1)7-8-4-5-9-7/h2,4-5H,1,3H2. The molecule has 2 rings (SSSR count). The second-order valence-corrected chi connectivity index (χ2v) is 3.00. The van der Waals surface area contributed by atoms with Crippen molar-refractivity contribution < 1.29 is 0 Å². The molecule has 0 aliphatic heterocycles. The Labute approximate surface area is 58.1 Å². The molecule has 1 nitrogen and oxygen atoms in total. The molecular formula is C7H7NS. The number of hydrogen-bond donors (Lipinski definition) is 0. The normalized spacial score (nSPS) is 16.7. The van der Waals surface area contributed by atoms with E-state index in [0.717, 1.165) is 0 Å². The molecule has 1 aliphatic rings. The van der Waals surface area contributed by atoms with Crippen LogP contribution in [0.3, 0.4) is 0 Å². The summed E-state index contributed by atoms with van der Waals surface area (Å²) >= 11 is 1.73. The van der Waals surface area contributed by atoms with Crippen molar-refractivity contribution in [2.24, 2.45) is 0 Å². The van der Waals surface area contributed by atoms with Crippen molar-refractivity contribution in [1.82, 2.24) is 4.98 Å². The molecule has 0 bridgehead atoms. The SMILES string of the molecule is C1=C(c2nccs2)CC1. The van der Waals surface area contributed by atoms with E-state index in [4.69, 9.17) is 0 Å².